The van der Waals surface area contributed by atoms with E-state index >= 15 is 8.78 Å². The Hall–Kier alpha value is -6.08. The van der Waals surface area contributed by atoms with Crippen LogP contribution < -0.4 is 36.3 Å². The minimum atomic E-state index is -2.83. The number of imidazole rings is 2. The minimum absolute atomic E-state index is 0.166. The van der Waals surface area contributed by atoms with E-state index in [0.717, 1.165) is 74.6 Å². The van der Waals surface area contributed by atoms with Crippen LogP contribution in [0.15, 0.2) is 53.5 Å². The van der Waals surface area contributed by atoms with E-state index in [1.807, 2.05) is 41.1 Å². The summed E-state index contributed by atoms with van der Waals surface area (Å²) >= 11 is 0. The number of piperidine rings is 3. The van der Waals surface area contributed by atoms with E-state index in [9.17, 15) is 19.2 Å². The molecule has 1 aliphatic carbocycles. The second kappa shape index (κ2) is 16.7. The van der Waals surface area contributed by atoms with Gasteiger partial charge in [-0.2, -0.15) is 0 Å². The summed E-state index contributed by atoms with van der Waals surface area (Å²) in [5, 5.41) is 13.6. The first kappa shape index (κ1) is 42.5. The maximum atomic E-state index is 16.1. The van der Waals surface area contributed by atoms with Crippen LogP contribution in [0.5, 0.6) is 0 Å². The zero-order valence-corrected chi connectivity index (χ0v) is 37.5. The Kier molecular flexibility index (Phi) is 10.7. The van der Waals surface area contributed by atoms with Gasteiger partial charge in [0.2, 0.25) is 11.8 Å². The molecule has 5 aliphatic heterocycles. The number of imide groups is 1. The number of halogens is 2. The number of carbonyl (C=O) groups is 3. The van der Waals surface area contributed by atoms with Crippen LogP contribution in [0, 0.1) is 5.92 Å². The zero-order valence-electron chi connectivity index (χ0n) is 37.5. The molecule has 3 N–H and O–H groups in total. The number of amides is 3. The number of nitrogens with zero attached hydrogens (tertiary/aromatic N) is 10. The molecule has 348 valence electrons. The average Bonchev–Trinajstić information content (AvgIpc) is 3.74. The standard InChI is InChI=1S/C47H57F2N13O4/c1-50-33-25-41(54-62-39(26-51-43(33)62)45(65)52-30-6-7-30)60-19-14-32-34(4-3-5-35(32)60)58-17-12-29(13-18-58)27-56-16-15-40(47(48,49)28-56)59-22-20-57(21-23-59)31-8-9-36-38(24-31)55(2)46(66)61(36)37-10-11-42(63)53-44(37)64/h3-5,8-9,24-26,29-30,37,40,50H,6-7,10-23,27-28H2,1-2H3,(H,52,65)(H,53,63,64)/t37?,40-/m1/s1. The van der Waals surface area contributed by atoms with Gasteiger partial charge in [0.15, 0.2) is 17.2 Å². The first-order valence-electron chi connectivity index (χ1n) is 23.6. The number of likely N-dealkylation sites (tertiary alicyclic amines) is 1. The lowest BCUT2D eigenvalue weighted by atomic mass is 9.92. The summed E-state index contributed by atoms with van der Waals surface area (Å²) in [4.78, 5) is 66.1. The quantitative estimate of drug-likeness (QED) is 0.175. The van der Waals surface area contributed by atoms with Gasteiger partial charge in [-0.1, -0.05) is 6.07 Å². The molecule has 4 saturated heterocycles. The van der Waals surface area contributed by atoms with Crippen LogP contribution in [-0.4, -0.2) is 142 Å². The van der Waals surface area contributed by atoms with E-state index in [1.165, 1.54) is 20.4 Å². The third-order valence-electron chi connectivity index (χ3n) is 15.0. The van der Waals surface area contributed by atoms with Gasteiger partial charge >= 0.3 is 5.69 Å². The maximum Gasteiger partial charge on any atom is 0.329 e. The number of hydrogen-bond acceptors (Lipinski definition) is 12. The van der Waals surface area contributed by atoms with Gasteiger partial charge in [-0.25, -0.2) is 23.1 Å². The van der Waals surface area contributed by atoms with Gasteiger partial charge in [-0.15, -0.1) is 5.10 Å². The van der Waals surface area contributed by atoms with Gasteiger partial charge in [-0.3, -0.25) is 38.6 Å². The highest BCUT2D eigenvalue weighted by Crippen LogP contribution is 2.42. The lowest BCUT2D eigenvalue weighted by molar-refractivity contribution is -0.135. The topological polar surface area (TPSA) is 161 Å². The summed E-state index contributed by atoms with van der Waals surface area (Å²) in [7, 11) is 3.52. The Morgan fingerprint density at radius 2 is 1.65 bits per heavy atom. The molecule has 2 aromatic carbocycles. The van der Waals surface area contributed by atoms with Crippen molar-refractivity contribution < 1.29 is 23.2 Å². The van der Waals surface area contributed by atoms with Crippen molar-refractivity contribution in [1.29, 1.82) is 0 Å². The normalized spacial score (nSPS) is 23.2. The van der Waals surface area contributed by atoms with Gasteiger partial charge in [0.25, 0.3) is 11.8 Å². The monoisotopic (exact) mass is 905 g/mol. The Bertz CT molecular complexity index is 2780. The third kappa shape index (κ3) is 7.62. The fourth-order valence-corrected chi connectivity index (χ4v) is 11.3. The molecule has 0 bridgehead atoms. The SMILES string of the molecule is CNc1cc(N2CCc3c(N4CCC(CN5CC[C@@H](N6CCN(c7ccc8c(c7)n(C)c(=O)n8C7CCC(=O)NC7=O)CC6)C(F)(F)C5)CC4)cccc32)nn2c(C(=O)NC3CC3)cnc12. The van der Waals surface area contributed by atoms with E-state index in [-0.39, 0.29) is 42.9 Å². The lowest BCUT2D eigenvalue weighted by Gasteiger charge is -2.47. The number of hydrogen-bond donors (Lipinski definition) is 3. The molecule has 66 heavy (non-hydrogen) atoms. The fourth-order valence-electron chi connectivity index (χ4n) is 11.3. The number of piperazine rings is 1. The largest absolute Gasteiger partial charge is 0.385 e. The summed E-state index contributed by atoms with van der Waals surface area (Å²) in [5.74, 6) is -2.71. The Morgan fingerprint density at radius 3 is 2.39 bits per heavy atom. The summed E-state index contributed by atoms with van der Waals surface area (Å²) in [6, 6.07) is 12.8. The predicted molar refractivity (Wildman–Crippen MR) is 247 cm³/mol. The van der Waals surface area contributed by atoms with Crippen molar-refractivity contribution in [1.82, 2.24) is 44.2 Å². The Labute approximate surface area is 380 Å². The molecule has 0 radical (unpaired) electrons. The van der Waals surface area contributed by atoms with Crippen LogP contribution in [0.2, 0.25) is 0 Å². The van der Waals surface area contributed by atoms with Crippen molar-refractivity contribution in [2.24, 2.45) is 13.0 Å². The minimum Gasteiger partial charge on any atom is -0.385 e. The van der Waals surface area contributed by atoms with Crippen LogP contribution in [0.3, 0.4) is 0 Å². The molecule has 2 atom stereocenters. The summed E-state index contributed by atoms with van der Waals surface area (Å²) in [5.41, 5.74) is 7.30. The van der Waals surface area contributed by atoms with Gasteiger partial charge in [-0.05, 0) is 81.2 Å². The summed E-state index contributed by atoms with van der Waals surface area (Å²) in [6.45, 7) is 5.80. The molecule has 1 unspecified atom stereocenters. The van der Waals surface area contributed by atoms with Gasteiger partial charge < -0.3 is 25.3 Å². The van der Waals surface area contributed by atoms with E-state index in [0.29, 0.717) is 74.0 Å². The Balaban J connectivity index is 0.690. The van der Waals surface area contributed by atoms with Crippen molar-refractivity contribution in [3.63, 3.8) is 0 Å². The van der Waals surface area contributed by atoms with Gasteiger partial charge in [0.05, 0.1) is 35.5 Å². The maximum absolute atomic E-state index is 16.1. The second-order valence-corrected chi connectivity index (χ2v) is 19.1. The van der Waals surface area contributed by atoms with Gasteiger partial charge in [0, 0.05) is 114 Å². The van der Waals surface area contributed by atoms with Crippen molar-refractivity contribution >= 4 is 63.0 Å². The number of aryl methyl sites for hydroxylation is 1. The number of fused-ring (bicyclic) bond motifs is 3. The van der Waals surface area contributed by atoms with E-state index < -0.39 is 23.9 Å². The number of aromatic nitrogens is 5. The number of rotatable bonds is 10. The first-order valence-corrected chi connectivity index (χ1v) is 23.6. The molecule has 17 nitrogen and oxygen atoms in total. The van der Waals surface area contributed by atoms with Crippen LogP contribution in [0.25, 0.3) is 16.7 Å². The molecule has 5 fully saturated rings. The summed E-state index contributed by atoms with van der Waals surface area (Å²) < 4.78 is 36.8. The van der Waals surface area contributed by atoms with Crippen molar-refractivity contribution in [3.05, 3.63) is 70.4 Å². The number of alkyl halides is 2. The molecule has 0 spiro atoms. The lowest BCUT2D eigenvalue weighted by Crippen LogP contribution is -2.62. The number of carbonyl (C=O) groups excluding carboxylic acids is 3. The second-order valence-electron chi connectivity index (χ2n) is 19.1. The smallest absolute Gasteiger partial charge is 0.329 e. The molecule has 6 aliphatic rings. The van der Waals surface area contributed by atoms with E-state index in [2.05, 4.69) is 53.8 Å². The van der Waals surface area contributed by atoms with E-state index in [1.54, 1.807) is 17.8 Å². The number of benzene rings is 2. The highest BCUT2D eigenvalue weighted by atomic mass is 19.3. The third-order valence-corrected chi connectivity index (χ3v) is 15.0. The predicted octanol–water partition coefficient (Wildman–Crippen LogP) is 3.74. The highest BCUT2D eigenvalue weighted by molar-refractivity contribution is 6.00. The number of anilines is 5. The van der Waals surface area contributed by atoms with Crippen LogP contribution >= 0.6 is 0 Å². The van der Waals surface area contributed by atoms with E-state index in [4.69, 9.17) is 5.10 Å². The van der Waals surface area contributed by atoms with Crippen molar-refractivity contribution in [2.75, 3.05) is 92.5 Å². The fraction of sp³-hybridized carbons (Fsp3) is 0.532. The first-order chi connectivity index (χ1) is 31.9. The molecular weight excluding hydrogens is 849 g/mol. The van der Waals surface area contributed by atoms with Crippen LogP contribution in [0.1, 0.15) is 67.0 Å². The molecule has 3 amide bonds. The van der Waals surface area contributed by atoms with Crippen molar-refractivity contribution in [2.45, 2.75) is 75.4 Å². The molecule has 19 heteroatoms. The molecule has 1 saturated carbocycles. The molecule has 8 heterocycles. The zero-order chi connectivity index (χ0) is 45.4. The highest BCUT2D eigenvalue weighted by Gasteiger charge is 2.48. The van der Waals surface area contributed by atoms with Crippen molar-refractivity contribution in [3.8, 4) is 0 Å². The molecule has 5 aromatic rings. The molecular formula is C47H57F2N13O4. The number of nitrogens with one attached hydrogen (secondary N) is 3. The van der Waals surface area contributed by atoms with Crippen LogP contribution in [-0.2, 0) is 23.1 Å². The van der Waals surface area contributed by atoms with Crippen LogP contribution in [0.4, 0.5) is 37.3 Å². The average molecular weight is 906 g/mol. The molecule has 11 rings (SSSR count). The molecule has 3 aromatic heterocycles. The van der Waals surface area contributed by atoms with Gasteiger partial charge in [0.1, 0.15) is 6.04 Å². The summed E-state index contributed by atoms with van der Waals surface area (Å²) in [6.07, 6.45) is 7.20. The Morgan fingerprint density at radius 1 is 0.864 bits per heavy atom.